The molecule has 0 aliphatic rings. The van der Waals surface area contributed by atoms with Crippen LogP contribution in [0.15, 0.2) is 48.5 Å². The molecular formula is C22H30N2O4S. The van der Waals surface area contributed by atoms with Crippen LogP contribution < -0.4 is 14.4 Å². The van der Waals surface area contributed by atoms with Crippen LogP contribution in [0.25, 0.3) is 0 Å². The number of nitrogens with zero attached hydrogens (tertiary/aromatic N) is 1. The summed E-state index contributed by atoms with van der Waals surface area (Å²) in [4.78, 5) is 12.5. The Kier molecular flexibility index (Phi) is 7.67. The highest BCUT2D eigenvalue weighted by molar-refractivity contribution is 7.92. The molecule has 0 aliphatic heterocycles. The fourth-order valence-electron chi connectivity index (χ4n) is 2.93. The molecule has 0 unspecified atom stereocenters. The molecular weight excluding hydrogens is 388 g/mol. The molecule has 2 rings (SSSR count). The Morgan fingerprint density at radius 3 is 2.21 bits per heavy atom. The highest BCUT2D eigenvalue weighted by atomic mass is 32.2. The van der Waals surface area contributed by atoms with E-state index in [9.17, 15) is 13.2 Å². The predicted molar refractivity (Wildman–Crippen MR) is 117 cm³/mol. The summed E-state index contributed by atoms with van der Waals surface area (Å²) in [6.07, 6.45) is 1.21. The smallest absolute Gasteiger partial charge is 0.241 e. The van der Waals surface area contributed by atoms with Crippen LogP contribution >= 0.6 is 0 Å². The Labute approximate surface area is 173 Å². The first kappa shape index (κ1) is 22.7. The third-order valence-corrected chi connectivity index (χ3v) is 5.43. The molecule has 1 amide bonds. The highest BCUT2D eigenvalue weighted by Gasteiger charge is 2.23. The lowest BCUT2D eigenvalue weighted by atomic mass is 10.0. The Morgan fingerprint density at radius 1 is 1.03 bits per heavy atom. The lowest BCUT2D eigenvalue weighted by Gasteiger charge is -2.25. The molecule has 0 aromatic heterocycles. The predicted octanol–water partition coefficient (Wildman–Crippen LogP) is 3.68. The lowest BCUT2D eigenvalue weighted by molar-refractivity contribution is -0.119. The zero-order valence-corrected chi connectivity index (χ0v) is 18.5. The Hall–Kier alpha value is -2.54. The summed E-state index contributed by atoms with van der Waals surface area (Å²) in [5, 5.41) is 2.79. The van der Waals surface area contributed by atoms with Gasteiger partial charge in [-0.1, -0.05) is 44.2 Å². The summed E-state index contributed by atoms with van der Waals surface area (Å²) >= 11 is 0. The van der Waals surface area contributed by atoms with Crippen LogP contribution in [0.2, 0.25) is 0 Å². The number of anilines is 1. The summed E-state index contributed by atoms with van der Waals surface area (Å²) in [7, 11) is -3.61. The number of sulfonamides is 1. The van der Waals surface area contributed by atoms with E-state index in [4.69, 9.17) is 4.74 Å². The maximum atomic E-state index is 12.5. The average molecular weight is 419 g/mol. The van der Waals surface area contributed by atoms with Crippen LogP contribution in [0.1, 0.15) is 44.7 Å². The van der Waals surface area contributed by atoms with Crippen molar-refractivity contribution in [2.24, 2.45) is 0 Å². The second-order valence-corrected chi connectivity index (χ2v) is 9.48. The minimum atomic E-state index is -3.61. The van der Waals surface area contributed by atoms with Crippen molar-refractivity contribution in [1.29, 1.82) is 0 Å². The van der Waals surface area contributed by atoms with Crippen molar-refractivity contribution in [2.45, 2.75) is 46.3 Å². The van der Waals surface area contributed by atoms with Crippen LogP contribution in [-0.2, 0) is 21.4 Å². The van der Waals surface area contributed by atoms with Crippen molar-refractivity contribution >= 4 is 21.6 Å². The molecule has 0 bridgehead atoms. The number of benzene rings is 2. The number of carbonyl (C=O) groups excluding carboxylic acids is 1. The van der Waals surface area contributed by atoms with E-state index in [1.807, 2.05) is 64.1 Å². The van der Waals surface area contributed by atoms with Crippen molar-refractivity contribution in [3.05, 3.63) is 59.7 Å². The molecule has 2 aromatic carbocycles. The number of carbonyl (C=O) groups is 1. The number of nitrogens with one attached hydrogen (secondary N) is 1. The van der Waals surface area contributed by atoms with Crippen LogP contribution in [0.4, 0.5) is 5.69 Å². The zero-order valence-electron chi connectivity index (χ0n) is 17.7. The summed E-state index contributed by atoms with van der Waals surface area (Å²) < 4.78 is 31.5. The van der Waals surface area contributed by atoms with Gasteiger partial charge in [-0.15, -0.1) is 0 Å². The van der Waals surface area contributed by atoms with Crippen molar-refractivity contribution < 1.29 is 17.9 Å². The molecule has 6 nitrogen and oxygen atoms in total. The minimum absolute atomic E-state index is 0.0937. The molecule has 29 heavy (non-hydrogen) atoms. The topological polar surface area (TPSA) is 75.7 Å². The highest BCUT2D eigenvalue weighted by Crippen LogP contribution is 2.28. The van der Waals surface area contributed by atoms with Crippen LogP contribution in [0, 0.1) is 0 Å². The molecule has 0 saturated heterocycles. The molecule has 0 heterocycles. The van der Waals surface area contributed by atoms with Gasteiger partial charge in [0.1, 0.15) is 12.3 Å². The zero-order chi connectivity index (χ0) is 21.6. The third-order valence-electron chi connectivity index (χ3n) is 4.30. The minimum Gasteiger partial charge on any atom is -0.491 e. The van der Waals surface area contributed by atoms with Gasteiger partial charge >= 0.3 is 0 Å². The molecule has 1 N–H and O–H groups in total. The SMILES string of the molecule is CC(C)Oc1ccc(CNC(=O)CN(c2ccccc2C(C)C)S(C)(=O)=O)cc1. The summed E-state index contributed by atoms with van der Waals surface area (Å²) in [5.41, 5.74) is 2.32. The first-order valence-electron chi connectivity index (χ1n) is 9.67. The fourth-order valence-corrected chi connectivity index (χ4v) is 3.80. The summed E-state index contributed by atoms with van der Waals surface area (Å²) in [6, 6.07) is 14.7. The maximum Gasteiger partial charge on any atom is 0.241 e. The van der Waals surface area contributed by atoms with Gasteiger partial charge in [-0.3, -0.25) is 9.10 Å². The van der Waals surface area contributed by atoms with Crippen LogP contribution in [0.3, 0.4) is 0 Å². The van der Waals surface area contributed by atoms with Gasteiger partial charge in [-0.2, -0.15) is 0 Å². The number of hydrogen-bond acceptors (Lipinski definition) is 4. The van der Waals surface area contributed by atoms with Gasteiger partial charge in [-0.25, -0.2) is 8.42 Å². The fraction of sp³-hybridized carbons (Fsp3) is 0.409. The largest absolute Gasteiger partial charge is 0.491 e. The van der Waals surface area contributed by atoms with Crippen LogP contribution in [-0.4, -0.2) is 33.2 Å². The average Bonchev–Trinajstić information content (AvgIpc) is 2.64. The quantitative estimate of drug-likeness (QED) is 0.674. The monoisotopic (exact) mass is 418 g/mol. The molecule has 0 radical (unpaired) electrons. The lowest BCUT2D eigenvalue weighted by Crippen LogP contribution is -2.40. The second kappa shape index (κ2) is 9.78. The summed E-state index contributed by atoms with van der Waals surface area (Å²) in [5.74, 6) is 0.533. The van der Waals surface area contributed by atoms with Crippen molar-refractivity contribution in [2.75, 3.05) is 17.1 Å². The normalized spacial score (nSPS) is 11.6. The number of ether oxygens (including phenoxy) is 1. The van der Waals surface area contributed by atoms with E-state index < -0.39 is 10.0 Å². The van der Waals surface area contributed by atoms with E-state index in [0.717, 1.165) is 27.4 Å². The molecule has 0 spiro atoms. The summed E-state index contributed by atoms with van der Waals surface area (Å²) in [6.45, 7) is 7.94. The first-order valence-corrected chi connectivity index (χ1v) is 11.5. The van der Waals surface area contributed by atoms with Gasteiger partial charge in [0.05, 0.1) is 18.0 Å². The van der Waals surface area contributed by atoms with E-state index in [1.54, 1.807) is 12.1 Å². The Balaban J connectivity index is 2.08. The molecule has 0 fully saturated rings. The first-order chi connectivity index (χ1) is 13.6. The van der Waals surface area contributed by atoms with Crippen molar-refractivity contribution in [3.63, 3.8) is 0 Å². The standard InChI is InChI=1S/C22H30N2O4S/c1-16(2)20-8-6-7-9-21(20)24(29(5,26)27)15-22(25)23-14-18-10-12-19(13-11-18)28-17(3)4/h6-13,16-17H,14-15H2,1-5H3,(H,23,25). The van der Waals surface area contributed by atoms with Gasteiger partial charge < -0.3 is 10.1 Å². The maximum absolute atomic E-state index is 12.5. The van der Waals surface area contributed by atoms with Gasteiger partial charge in [0.25, 0.3) is 0 Å². The molecule has 0 atom stereocenters. The Morgan fingerprint density at radius 2 is 1.66 bits per heavy atom. The van der Waals surface area contributed by atoms with Gasteiger partial charge in [0, 0.05) is 6.54 Å². The number of para-hydroxylation sites is 1. The number of hydrogen-bond donors (Lipinski definition) is 1. The van der Waals surface area contributed by atoms with Crippen molar-refractivity contribution in [3.8, 4) is 5.75 Å². The van der Waals surface area contributed by atoms with E-state index >= 15 is 0 Å². The van der Waals surface area contributed by atoms with Gasteiger partial charge in [0.15, 0.2) is 0 Å². The molecule has 0 saturated carbocycles. The second-order valence-electron chi connectivity index (χ2n) is 7.57. The van der Waals surface area contributed by atoms with Gasteiger partial charge in [0.2, 0.25) is 15.9 Å². The molecule has 158 valence electrons. The van der Waals surface area contributed by atoms with Crippen LogP contribution in [0.5, 0.6) is 5.75 Å². The number of amides is 1. The van der Waals surface area contributed by atoms with Gasteiger partial charge in [-0.05, 0) is 49.1 Å². The number of rotatable bonds is 9. The molecule has 7 heteroatoms. The molecule has 0 aliphatic carbocycles. The molecule has 2 aromatic rings. The van der Waals surface area contributed by atoms with Crippen molar-refractivity contribution in [1.82, 2.24) is 5.32 Å². The van der Waals surface area contributed by atoms with E-state index in [2.05, 4.69) is 5.32 Å². The van der Waals surface area contributed by atoms with E-state index in [-0.39, 0.29) is 24.5 Å². The van der Waals surface area contributed by atoms with E-state index in [1.165, 1.54) is 0 Å². The third kappa shape index (κ3) is 6.78. The Bertz CT molecular complexity index is 922. The van der Waals surface area contributed by atoms with E-state index in [0.29, 0.717) is 12.2 Å².